The van der Waals surface area contributed by atoms with E-state index in [9.17, 15) is 4.79 Å². The Bertz CT molecular complexity index is 1290. The Kier molecular flexibility index (Phi) is 7.26. The molecule has 0 radical (unpaired) electrons. The molecule has 4 aromatic heterocycles. The van der Waals surface area contributed by atoms with Gasteiger partial charge in [-0.15, -0.1) is 0 Å². The first-order valence-electron chi connectivity index (χ1n) is 10.5. The molecule has 5 rings (SSSR count). The quantitative estimate of drug-likeness (QED) is 0.438. The third-order valence-corrected chi connectivity index (χ3v) is 4.41. The molecule has 5 aromatic rings. The molecule has 1 aromatic carbocycles. The summed E-state index contributed by atoms with van der Waals surface area (Å²) in [7, 11) is 0. The highest BCUT2D eigenvalue weighted by Crippen LogP contribution is 2.21. The Hall–Kier alpha value is -3.81. The maximum atomic E-state index is 11.4. The highest BCUT2D eigenvalue weighted by atomic mass is 16.5. The van der Waals surface area contributed by atoms with Gasteiger partial charge in [-0.1, -0.05) is 45.0 Å². The zero-order chi connectivity index (χ0) is 22.2. The van der Waals surface area contributed by atoms with Crippen LogP contribution in [0.1, 0.15) is 39.1 Å². The summed E-state index contributed by atoms with van der Waals surface area (Å²) in [4.78, 5) is 30.4. The molecule has 31 heavy (non-hydrogen) atoms. The minimum Gasteiger partial charge on any atom is -0.361 e. The number of imidazole rings is 1. The van der Waals surface area contributed by atoms with Crippen LogP contribution in [0.3, 0.4) is 0 Å². The normalized spacial score (nSPS) is 10.3. The highest BCUT2D eigenvalue weighted by molar-refractivity contribution is 5.78. The summed E-state index contributed by atoms with van der Waals surface area (Å²) in [6, 6.07) is 12.9. The Morgan fingerprint density at radius 2 is 1.74 bits per heavy atom. The topological polar surface area (TPSA) is 113 Å². The van der Waals surface area contributed by atoms with Crippen molar-refractivity contribution >= 4 is 22.1 Å². The maximum absolute atomic E-state index is 11.4. The Morgan fingerprint density at radius 1 is 0.935 bits per heavy atom. The third-order valence-electron chi connectivity index (χ3n) is 4.41. The highest BCUT2D eigenvalue weighted by Gasteiger charge is 2.12. The lowest BCUT2D eigenvalue weighted by Gasteiger charge is -2.02. The number of para-hydroxylation sites is 2. The molecule has 0 aliphatic rings. The van der Waals surface area contributed by atoms with Gasteiger partial charge in [0.15, 0.2) is 5.82 Å². The van der Waals surface area contributed by atoms with Crippen LogP contribution in [-0.2, 0) is 12.8 Å². The number of nitrogens with zero attached hydrogens (tertiary/aromatic N) is 4. The van der Waals surface area contributed by atoms with Crippen molar-refractivity contribution in [2.75, 3.05) is 0 Å². The van der Waals surface area contributed by atoms with Gasteiger partial charge in [0, 0.05) is 23.9 Å². The molecule has 0 fully saturated rings. The van der Waals surface area contributed by atoms with Gasteiger partial charge in [0.1, 0.15) is 23.4 Å². The fourth-order valence-corrected chi connectivity index (χ4v) is 3.08. The fraction of sp³-hybridized carbons (Fsp3) is 0.261. The SMILES string of the molecule is CC.CC.O=c1ccc2c(CCc3cc(-c4nc5ccccc5[nH]4)no3)ncnc2[nH]1. The van der Waals surface area contributed by atoms with Crippen molar-refractivity contribution in [2.45, 2.75) is 40.5 Å². The van der Waals surface area contributed by atoms with Crippen LogP contribution in [0.5, 0.6) is 0 Å². The Morgan fingerprint density at radius 3 is 2.55 bits per heavy atom. The number of benzene rings is 1. The first-order chi connectivity index (χ1) is 15.3. The number of rotatable bonds is 4. The van der Waals surface area contributed by atoms with Crippen molar-refractivity contribution in [3.05, 3.63) is 70.6 Å². The lowest BCUT2D eigenvalue weighted by molar-refractivity contribution is 0.384. The van der Waals surface area contributed by atoms with Gasteiger partial charge in [0.05, 0.1) is 16.7 Å². The summed E-state index contributed by atoms with van der Waals surface area (Å²) >= 11 is 0. The summed E-state index contributed by atoms with van der Waals surface area (Å²) in [5.41, 5.74) is 3.71. The number of hydrogen-bond acceptors (Lipinski definition) is 6. The van der Waals surface area contributed by atoms with Crippen LogP contribution >= 0.6 is 0 Å². The first-order valence-corrected chi connectivity index (χ1v) is 10.5. The number of hydrogen-bond donors (Lipinski definition) is 2. The minimum atomic E-state index is -0.183. The molecule has 0 aliphatic heterocycles. The lowest BCUT2D eigenvalue weighted by Crippen LogP contribution is -2.06. The number of aromatic amines is 2. The van der Waals surface area contributed by atoms with E-state index in [0.717, 1.165) is 27.9 Å². The van der Waals surface area contributed by atoms with Crippen LogP contribution in [0, 0.1) is 0 Å². The third kappa shape index (κ3) is 4.85. The number of aryl methyl sites for hydroxylation is 2. The summed E-state index contributed by atoms with van der Waals surface area (Å²) in [5, 5.41) is 4.95. The van der Waals surface area contributed by atoms with E-state index < -0.39 is 0 Å². The van der Waals surface area contributed by atoms with Gasteiger partial charge >= 0.3 is 0 Å². The second kappa shape index (κ2) is 10.3. The number of H-pyrrole nitrogens is 2. The molecule has 8 nitrogen and oxygen atoms in total. The smallest absolute Gasteiger partial charge is 0.249 e. The van der Waals surface area contributed by atoms with Crippen LogP contribution in [0.25, 0.3) is 33.6 Å². The van der Waals surface area contributed by atoms with Gasteiger partial charge in [-0.25, -0.2) is 15.0 Å². The average molecular weight is 419 g/mol. The predicted molar refractivity (Wildman–Crippen MR) is 122 cm³/mol. The van der Waals surface area contributed by atoms with E-state index in [4.69, 9.17) is 4.52 Å². The van der Waals surface area contributed by atoms with Crippen molar-refractivity contribution in [1.29, 1.82) is 0 Å². The van der Waals surface area contributed by atoms with Crippen LogP contribution in [0.15, 0.2) is 58.1 Å². The first kappa shape index (κ1) is 21.9. The van der Waals surface area contributed by atoms with E-state index in [0.29, 0.717) is 30.0 Å². The molecule has 0 aliphatic carbocycles. The molecule has 160 valence electrons. The summed E-state index contributed by atoms with van der Waals surface area (Å²) in [6.45, 7) is 8.00. The second-order valence-corrected chi connectivity index (χ2v) is 6.19. The molecule has 0 saturated heterocycles. The van der Waals surface area contributed by atoms with Gasteiger partial charge in [-0.05, 0) is 24.6 Å². The summed E-state index contributed by atoms with van der Waals surface area (Å²) < 4.78 is 5.46. The molecule has 0 spiro atoms. The van der Waals surface area contributed by atoms with Crippen molar-refractivity contribution in [1.82, 2.24) is 30.1 Å². The van der Waals surface area contributed by atoms with Crippen molar-refractivity contribution in [3.63, 3.8) is 0 Å². The molecule has 0 bridgehead atoms. The number of aromatic nitrogens is 6. The summed E-state index contributed by atoms with van der Waals surface area (Å²) in [6.07, 6.45) is 2.71. The number of pyridine rings is 1. The molecule has 4 heterocycles. The molecule has 0 amide bonds. The number of fused-ring (bicyclic) bond motifs is 2. The molecule has 0 saturated carbocycles. The van der Waals surface area contributed by atoms with E-state index in [2.05, 4.69) is 30.1 Å². The van der Waals surface area contributed by atoms with Crippen molar-refractivity contribution in [2.24, 2.45) is 0 Å². The van der Waals surface area contributed by atoms with Crippen LogP contribution in [-0.4, -0.2) is 30.1 Å². The number of nitrogens with one attached hydrogen (secondary N) is 2. The molecule has 2 N–H and O–H groups in total. The van der Waals surface area contributed by atoms with E-state index >= 15 is 0 Å². The lowest BCUT2D eigenvalue weighted by atomic mass is 10.1. The van der Waals surface area contributed by atoms with Gasteiger partial charge < -0.3 is 14.5 Å². The molecule has 0 atom stereocenters. The molecule has 8 heteroatoms. The largest absolute Gasteiger partial charge is 0.361 e. The predicted octanol–water partition coefficient (Wildman–Crippen LogP) is 4.69. The van der Waals surface area contributed by atoms with E-state index in [1.165, 1.54) is 12.4 Å². The van der Waals surface area contributed by atoms with Crippen molar-refractivity contribution in [3.8, 4) is 11.5 Å². The van der Waals surface area contributed by atoms with Crippen LogP contribution in [0.2, 0.25) is 0 Å². The van der Waals surface area contributed by atoms with Gasteiger partial charge in [-0.3, -0.25) is 4.79 Å². The van der Waals surface area contributed by atoms with E-state index in [1.807, 2.05) is 58.0 Å². The van der Waals surface area contributed by atoms with E-state index in [1.54, 1.807) is 6.07 Å². The summed E-state index contributed by atoms with van der Waals surface area (Å²) in [5.74, 6) is 1.41. The van der Waals surface area contributed by atoms with Gasteiger partial charge in [0.25, 0.3) is 0 Å². The fourth-order valence-electron chi connectivity index (χ4n) is 3.08. The van der Waals surface area contributed by atoms with E-state index in [-0.39, 0.29) is 5.56 Å². The molecule has 0 unspecified atom stereocenters. The second-order valence-electron chi connectivity index (χ2n) is 6.19. The zero-order valence-electron chi connectivity index (χ0n) is 18.1. The average Bonchev–Trinajstić information content (AvgIpc) is 3.47. The Labute approximate surface area is 179 Å². The van der Waals surface area contributed by atoms with Crippen molar-refractivity contribution < 1.29 is 4.52 Å². The zero-order valence-corrected chi connectivity index (χ0v) is 18.1. The van der Waals surface area contributed by atoms with Crippen LogP contribution < -0.4 is 5.56 Å². The van der Waals surface area contributed by atoms with Gasteiger partial charge in [0.2, 0.25) is 5.56 Å². The molecular weight excluding hydrogens is 392 g/mol. The minimum absolute atomic E-state index is 0.183. The standard InChI is InChI=1S/C19H14N6O2.2C2H6/c26-17-8-6-12-13(20-10-21-18(12)24-17)7-5-11-9-16(25-27-11)19-22-14-3-1-2-4-15(14)23-19;2*1-2/h1-4,6,8-10H,5,7H2,(H,22,23)(H,20,21,24,26);2*1-2H3. The Balaban J connectivity index is 0.000000645. The van der Waals surface area contributed by atoms with Crippen LogP contribution in [0.4, 0.5) is 0 Å². The molecular formula is C23H26N6O2. The monoisotopic (exact) mass is 418 g/mol. The van der Waals surface area contributed by atoms with Gasteiger partial charge in [-0.2, -0.15) is 0 Å². The maximum Gasteiger partial charge on any atom is 0.249 e.